The number of hydrogen-bond acceptors (Lipinski definition) is 5. The Labute approximate surface area is 146 Å². The lowest BCUT2D eigenvalue weighted by Crippen LogP contribution is -2.20. The van der Waals surface area contributed by atoms with Gasteiger partial charge in [-0.2, -0.15) is 0 Å². The van der Waals surface area contributed by atoms with Gasteiger partial charge in [-0.15, -0.1) is 0 Å². The molecule has 0 aromatic heterocycles. The number of nitrogens with one attached hydrogen (secondary N) is 2. The smallest absolute Gasteiger partial charge is 0.335 e. The zero-order valence-corrected chi connectivity index (χ0v) is 14.8. The molecule has 0 atom stereocenters. The molecule has 2 aromatic rings. The van der Waals surface area contributed by atoms with Crippen LogP contribution in [0.2, 0.25) is 0 Å². The maximum atomic E-state index is 12.0. The minimum absolute atomic E-state index is 0.0755. The van der Waals surface area contributed by atoms with Crippen molar-refractivity contribution in [2.75, 3.05) is 10.6 Å². The summed E-state index contributed by atoms with van der Waals surface area (Å²) in [7, 11) is -4.11. The summed E-state index contributed by atoms with van der Waals surface area (Å²) >= 11 is 0. The highest BCUT2D eigenvalue weighted by atomic mass is 32.2. The van der Waals surface area contributed by atoms with E-state index in [0.717, 1.165) is 11.6 Å². The molecule has 0 unspecified atom stereocenters. The van der Waals surface area contributed by atoms with Gasteiger partial charge in [0, 0.05) is 12.6 Å². The van der Waals surface area contributed by atoms with Crippen molar-refractivity contribution in [3.05, 3.63) is 53.6 Å². The van der Waals surface area contributed by atoms with Crippen LogP contribution in [0.5, 0.6) is 0 Å². The van der Waals surface area contributed by atoms with Gasteiger partial charge in [0.2, 0.25) is 10.0 Å². The van der Waals surface area contributed by atoms with E-state index in [1.807, 2.05) is 44.2 Å². The van der Waals surface area contributed by atoms with Crippen LogP contribution in [-0.4, -0.2) is 25.5 Å². The Morgan fingerprint density at radius 2 is 1.84 bits per heavy atom. The van der Waals surface area contributed by atoms with Crippen molar-refractivity contribution in [3.8, 4) is 0 Å². The molecule has 0 bridgehead atoms. The number of carbonyl (C=O) groups is 1. The molecule has 0 spiro atoms. The monoisotopic (exact) mass is 363 g/mol. The van der Waals surface area contributed by atoms with Gasteiger partial charge in [0.1, 0.15) is 4.90 Å². The fourth-order valence-electron chi connectivity index (χ4n) is 2.33. The standard InChI is InChI=1S/C17H21N3O4S/c1-11(2)20-16-14(19-10-12-6-4-3-5-7-12)8-13(17(21)22)9-15(16)25(18,23)24/h3-9,11,19-20H,10H2,1-2H3,(H,21,22)(H2,18,23,24). The summed E-state index contributed by atoms with van der Waals surface area (Å²) in [6, 6.07) is 11.9. The normalized spacial score (nSPS) is 11.4. The Kier molecular flexibility index (Phi) is 5.66. The second-order valence-corrected chi connectivity index (χ2v) is 7.42. The molecule has 0 saturated carbocycles. The minimum Gasteiger partial charge on any atom is -0.478 e. The molecule has 8 heteroatoms. The first-order valence-corrected chi connectivity index (χ1v) is 9.21. The van der Waals surface area contributed by atoms with E-state index in [-0.39, 0.29) is 22.2 Å². The van der Waals surface area contributed by atoms with Crippen molar-refractivity contribution >= 4 is 27.4 Å². The molecular formula is C17H21N3O4S. The highest BCUT2D eigenvalue weighted by Crippen LogP contribution is 2.32. The van der Waals surface area contributed by atoms with Crippen LogP contribution < -0.4 is 15.8 Å². The summed E-state index contributed by atoms with van der Waals surface area (Å²) in [6.45, 7) is 4.10. The first-order valence-electron chi connectivity index (χ1n) is 7.67. The number of benzene rings is 2. The largest absolute Gasteiger partial charge is 0.478 e. The Hall–Kier alpha value is -2.58. The Balaban J connectivity index is 2.53. The second kappa shape index (κ2) is 7.54. The summed E-state index contributed by atoms with van der Waals surface area (Å²) in [5, 5.41) is 20.7. The van der Waals surface area contributed by atoms with Gasteiger partial charge in [-0.25, -0.2) is 18.4 Å². The van der Waals surface area contributed by atoms with Gasteiger partial charge in [-0.1, -0.05) is 30.3 Å². The molecule has 0 radical (unpaired) electrons. The summed E-state index contributed by atoms with van der Waals surface area (Å²) in [5.74, 6) is -1.23. The van der Waals surface area contributed by atoms with Crippen LogP contribution in [0.4, 0.5) is 11.4 Å². The fraction of sp³-hybridized carbons (Fsp3) is 0.235. The fourth-order valence-corrected chi connectivity index (χ4v) is 3.08. The molecule has 0 amide bonds. The van der Waals surface area contributed by atoms with Gasteiger partial charge in [-0.3, -0.25) is 0 Å². The van der Waals surface area contributed by atoms with Crippen molar-refractivity contribution < 1.29 is 18.3 Å². The number of carboxylic acids is 1. The lowest BCUT2D eigenvalue weighted by atomic mass is 10.1. The molecule has 134 valence electrons. The van der Waals surface area contributed by atoms with Crippen molar-refractivity contribution in [2.24, 2.45) is 5.14 Å². The van der Waals surface area contributed by atoms with Crippen LogP contribution in [0, 0.1) is 0 Å². The summed E-state index contributed by atoms with van der Waals surface area (Å²) in [6.07, 6.45) is 0. The van der Waals surface area contributed by atoms with Crippen LogP contribution in [0.15, 0.2) is 47.4 Å². The zero-order chi connectivity index (χ0) is 18.6. The Bertz CT molecular complexity index is 865. The topological polar surface area (TPSA) is 122 Å². The molecule has 25 heavy (non-hydrogen) atoms. The van der Waals surface area contributed by atoms with Crippen molar-refractivity contribution in [2.45, 2.75) is 31.3 Å². The minimum atomic E-state index is -4.11. The molecule has 0 aliphatic rings. The van der Waals surface area contributed by atoms with E-state index >= 15 is 0 Å². The number of hydrogen-bond donors (Lipinski definition) is 4. The molecule has 0 fully saturated rings. The third-order valence-corrected chi connectivity index (χ3v) is 4.35. The van der Waals surface area contributed by atoms with E-state index in [1.165, 1.54) is 6.07 Å². The van der Waals surface area contributed by atoms with Crippen LogP contribution in [0.25, 0.3) is 0 Å². The van der Waals surface area contributed by atoms with Gasteiger partial charge in [0.25, 0.3) is 0 Å². The average molecular weight is 363 g/mol. The van der Waals surface area contributed by atoms with E-state index in [2.05, 4.69) is 10.6 Å². The van der Waals surface area contributed by atoms with E-state index in [9.17, 15) is 18.3 Å². The third-order valence-electron chi connectivity index (χ3n) is 3.41. The molecule has 2 rings (SSSR count). The predicted octanol–water partition coefficient (Wildman–Crippen LogP) is 2.46. The van der Waals surface area contributed by atoms with Crippen LogP contribution in [0.1, 0.15) is 29.8 Å². The molecule has 7 nitrogen and oxygen atoms in total. The first-order chi connectivity index (χ1) is 11.7. The first kappa shape index (κ1) is 18.8. The maximum absolute atomic E-state index is 12.0. The molecule has 0 saturated heterocycles. The number of sulfonamides is 1. The molecular weight excluding hydrogens is 342 g/mol. The van der Waals surface area contributed by atoms with Crippen LogP contribution in [0.3, 0.4) is 0 Å². The number of nitrogens with two attached hydrogens (primary N) is 1. The zero-order valence-electron chi connectivity index (χ0n) is 14.0. The number of primary sulfonamides is 1. The number of carboxylic acid groups (broad SMARTS) is 1. The molecule has 5 N–H and O–H groups in total. The summed E-state index contributed by atoms with van der Waals surface area (Å²) < 4.78 is 23.9. The predicted molar refractivity (Wildman–Crippen MR) is 97.3 cm³/mol. The summed E-state index contributed by atoms with van der Waals surface area (Å²) in [5.41, 5.74) is 1.43. The van der Waals surface area contributed by atoms with Gasteiger partial charge < -0.3 is 15.7 Å². The van der Waals surface area contributed by atoms with E-state index in [1.54, 1.807) is 0 Å². The molecule has 0 aliphatic carbocycles. The quantitative estimate of drug-likeness (QED) is 0.599. The number of rotatable bonds is 7. The highest BCUT2D eigenvalue weighted by molar-refractivity contribution is 7.89. The van der Waals surface area contributed by atoms with Gasteiger partial charge in [-0.05, 0) is 31.5 Å². The van der Waals surface area contributed by atoms with Crippen LogP contribution in [-0.2, 0) is 16.6 Å². The second-order valence-electron chi connectivity index (χ2n) is 5.89. The van der Waals surface area contributed by atoms with Gasteiger partial charge >= 0.3 is 5.97 Å². The highest BCUT2D eigenvalue weighted by Gasteiger charge is 2.22. The Morgan fingerprint density at radius 3 is 2.36 bits per heavy atom. The molecule has 2 aromatic carbocycles. The van der Waals surface area contributed by atoms with E-state index < -0.39 is 16.0 Å². The lowest BCUT2D eigenvalue weighted by Gasteiger charge is -2.20. The van der Waals surface area contributed by atoms with Crippen molar-refractivity contribution in [1.82, 2.24) is 0 Å². The third kappa shape index (κ3) is 4.94. The van der Waals surface area contributed by atoms with Gasteiger partial charge in [0.05, 0.1) is 16.9 Å². The van der Waals surface area contributed by atoms with Crippen molar-refractivity contribution in [1.29, 1.82) is 0 Å². The van der Waals surface area contributed by atoms with E-state index in [4.69, 9.17) is 5.14 Å². The maximum Gasteiger partial charge on any atom is 0.335 e. The number of aromatic carboxylic acids is 1. The Morgan fingerprint density at radius 1 is 1.20 bits per heavy atom. The van der Waals surface area contributed by atoms with Crippen LogP contribution >= 0.6 is 0 Å². The number of anilines is 2. The van der Waals surface area contributed by atoms with E-state index in [0.29, 0.717) is 12.2 Å². The lowest BCUT2D eigenvalue weighted by molar-refractivity contribution is 0.0696. The summed E-state index contributed by atoms with van der Waals surface area (Å²) in [4.78, 5) is 11.1. The average Bonchev–Trinajstić information content (AvgIpc) is 2.52. The molecule has 0 aliphatic heterocycles. The SMILES string of the molecule is CC(C)Nc1c(NCc2ccccc2)cc(C(=O)O)cc1S(N)(=O)=O. The molecule has 0 heterocycles. The van der Waals surface area contributed by atoms with Crippen molar-refractivity contribution in [3.63, 3.8) is 0 Å². The van der Waals surface area contributed by atoms with Gasteiger partial charge in [0.15, 0.2) is 0 Å².